The van der Waals surface area contributed by atoms with Gasteiger partial charge in [-0.25, -0.2) is 4.98 Å². The summed E-state index contributed by atoms with van der Waals surface area (Å²) in [6.07, 6.45) is 0.838. The molecule has 0 fully saturated rings. The molecule has 0 radical (unpaired) electrons. The van der Waals surface area contributed by atoms with Gasteiger partial charge in [0.25, 0.3) is 0 Å². The molecule has 0 spiro atoms. The van der Waals surface area contributed by atoms with E-state index in [-0.39, 0.29) is 6.04 Å². The Balaban J connectivity index is 2.05. The van der Waals surface area contributed by atoms with E-state index in [9.17, 15) is 0 Å². The zero-order chi connectivity index (χ0) is 9.97. The van der Waals surface area contributed by atoms with Gasteiger partial charge in [-0.15, -0.1) is 22.7 Å². The Hall–Kier alpha value is -0.710. The van der Waals surface area contributed by atoms with Crippen molar-refractivity contribution in [3.05, 3.63) is 38.5 Å². The predicted octanol–water partition coefficient (Wildman–Crippen LogP) is 2.76. The van der Waals surface area contributed by atoms with Crippen molar-refractivity contribution in [3.8, 4) is 0 Å². The number of aromatic nitrogens is 1. The van der Waals surface area contributed by atoms with Gasteiger partial charge >= 0.3 is 0 Å². The summed E-state index contributed by atoms with van der Waals surface area (Å²) in [5, 5.41) is 5.25. The average Bonchev–Trinajstić information content (AvgIpc) is 2.75. The number of hydrogen-bond acceptors (Lipinski definition) is 4. The molecule has 1 atom stereocenters. The lowest BCUT2D eigenvalue weighted by molar-refractivity contribution is 0.722. The molecule has 0 saturated carbocycles. The van der Waals surface area contributed by atoms with Crippen LogP contribution >= 0.6 is 22.7 Å². The van der Waals surface area contributed by atoms with Crippen molar-refractivity contribution in [3.63, 3.8) is 0 Å². The lowest BCUT2D eigenvalue weighted by atomic mass is 10.1. The molecule has 0 bridgehead atoms. The van der Waals surface area contributed by atoms with Crippen LogP contribution < -0.4 is 5.73 Å². The van der Waals surface area contributed by atoms with Gasteiger partial charge in [-0.3, -0.25) is 0 Å². The van der Waals surface area contributed by atoms with Crippen molar-refractivity contribution in [2.75, 3.05) is 0 Å². The molecule has 74 valence electrons. The smallest absolute Gasteiger partial charge is 0.0897 e. The molecule has 2 N–H and O–H groups in total. The van der Waals surface area contributed by atoms with E-state index in [0.717, 1.165) is 17.1 Å². The highest BCUT2D eigenvalue weighted by molar-refractivity contribution is 7.10. The zero-order valence-corrected chi connectivity index (χ0v) is 9.57. The number of aryl methyl sites for hydroxylation is 1. The third kappa shape index (κ3) is 2.20. The molecule has 2 aromatic heterocycles. The Morgan fingerprint density at radius 1 is 1.50 bits per heavy atom. The molecule has 0 aliphatic rings. The van der Waals surface area contributed by atoms with Gasteiger partial charge < -0.3 is 5.73 Å². The topological polar surface area (TPSA) is 38.9 Å². The third-order valence-electron chi connectivity index (χ3n) is 2.00. The molecule has 0 amide bonds. The first kappa shape index (κ1) is 9.83. The minimum absolute atomic E-state index is 0.0940. The summed E-state index contributed by atoms with van der Waals surface area (Å²) < 4.78 is 0. The number of thiazole rings is 1. The van der Waals surface area contributed by atoms with Crippen molar-refractivity contribution < 1.29 is 0 Å². The van der Waals surface area contributed by atoms with Gasteiger partial charge in [0.2, 0.25) is 0 Å². The van der Waals surface area contributed by atoms with Crippen molar-refractivity contribution in [1.29, 1.82) is 0 Å². The van der Waals surface area contributed by atoms with E-state index < -0.39 is 0 Å². The Morgan fingerprint density at radius 3 is 2.93 bits per heavy atom. The Kier molecular flexibility index (Phi) is 2.96. The molecular weight excluding hydrogens is 212 g/mol. The van der Waals surface area contributed by atoms with Crippen LogP contribution in [0.3, 0.4) is 0 Å². The van der Waals surface area contributed by atoms with Gasteiger partial charge in [-0.1, -0.05) is 6.07 Å². The minimum Gasteiger partial charge on any atom is -0.323 e. The van der Waals surface area contributed by atoms with Gasteiger partial charge in [0.05, 0.1) is 10.7 Å². The van der Waals surface area contributed by atoms with Crippen LogP contribution in [0.2, 0.25) is 0 Å². The molecule has 2 aromatic rings. The van der Waals surface area contributed by atoms with Gasteiger partial charge in [-0.05, 0) is 18.4 Å². The summed E-state index contributed by atoms with van der Waals surface area (Å²) in [6.45, 7) is 2.02. The van der Waals surface area contributed by atoms with Crippen LogP contribution in [0.25, 0.3) is 0 Å². The maximum absolute atomic E-state index is 6.06. The number of hydrogen-bond donors (Lipinski definition) is 1. The summed E-state index contributed by atoms with van der Waals surface area (Å²) in [7, 11) is 0. The van der Waals surface area contributed by atoms with E-state index >= 15 is 0 Å². The summed E-state index contributed by atoms with van der Waals surface area (Å²) in [6, 6.07) is 4.21. The molecule has 1 unspecified atom stereocenters. The predicted molar refractivity (Wildman–Crippen MR) is 61.8 cm³/mol. The van der Waals surface area contributed by atoms with E-state index in [4.69, 9.17) is 5.73 Å². The van der Waals surface area contributed by atoms with E-state index in [0.29, 0.717) is 0 Å². The molecule has 0 aliphatic heterocycles. The molecule has 0 aliphatic carbocycles. The van der Waals surface area contributed by atoms with E-state index in [1.807, 2.05) is 13.0 Å². The van der Waals surface area contributed by atoms with Crippen LogP contribution in [0.1, 0.15) is 21.6 Å². The normalized spacial score (nSPS) is 13.0. The SMILES string of the molecule is Cc1nc(CC(N)c2cccs2)cs1. The fourth-order valence-electron chi connectivity index (χ4n) is 1.33. The lowest BCUT2D eigenvalue weighted by Gasteiger charge is -2.06. The Labute approximate surface area is 91.4 Å². The standard InChI is InChI=1S/C10H12N2S2/c1-7-12-8(6-14-7)5-9(11)10-3-2-4-13-10/h2-4,6,9H,5,11H2,1H3. The Bertz CT molecular complexity index is 392. The van der Waals surface area contributed by atoms with Gasteiger partial charge in [0.15, 0.2) is 0 Å². The fraction of sp³-hybridized carbons (Fsp3) is 0.300. The quantitative estimate of drug-likeness (QED) is 0.870. The molecular formula is C10H12N2S2. The van der Waals surface area contributed by atoms with Gasteiger partial charge in [0.1, 0.15) is 0 Å². The van der Waals surface area contributed by atoms with Crippen LogP contribution in [-0.4, -0.2) is 4.98 Å². The molecule has 4 heteroatoms. The molecule has 2 nitrogen and oxygen atoms in total. The van der Waals surface area contributed by atoms with Gasteiger partial charge in [0, 0.05) is 22.7 Å². The summed E-state index contributed by atoms with van der Waals surface area (Å²) >= 11 is 3.39. The van der Waals surface area contributed by atoms with E-state index in [2.05, 4.69) is 21.8 Å². The van der Waals surface area contributed by atoms with Crippen LogP contribution in [0.4, 0.5) is 0 Å². The van der Waals surface area contributed by atoms with Crippen LogP contribution in [0, 0.1) is 6.92 Å². The highest BCUT2D eigenvalue weighted by Gasteiger charge is 2.09. The number of nitrogens with two attached hydrogens (primary N) is 1. The summed E-state index contributed by atoms with van der Waals surface area (Å²) in [4.78, 5) is 5.64. The first-order valence-electron chi connectivity index (χ1n) is 4.45. The van der Waals surface area contributed by atoms with Crippen molar-refractivity contribution in [2.24, 2.45) is 5.73 Å². The van der Waals surface area contributed by atoms with E-state index in [1.54, 1.807) is 22.7 Å². The van der Waals surface area contributed by atoms with Crippen LogP contribution in [0.15, 0.2) is 22.9 Å². The second-order valence-corrected chi connectivity index (χ2v) is 5.23. The molecule has 0 aromatic carbocycles. The lowest BCUT2D eigenvalue weighted by Crippen LogP contribution is -2.11. The maximum Gasteiger partial charge on any atom is 0.0897 e. The van der Waals surface area contributed by atoms with Crippen molar-refractivity contribution in [1.82, 2.24) is 4.98 Å². The molecule has 2 heterocycles. The molecule has 14 heavy (non-hydrogen) atoms. The molecule has 0 saturated heterocycles. The fourth-order valence-corrected chi connectivity index (χ4v) is 2.69. The molecule has 2 rings (SSSR count). The number of rotatable bonds is 3. The first-order chi connectivity index (χ1) is 6.75. The maximum atomic E-state index is 6.06. The minimum atomic E-state index is 0.0940. The highest BCUT2D eigenvalue weighted by atomic mass is 32.1. The number of thiophene rings is 1. The average molecular weight is 224 g/mol. The summed E-state index contributed by atoms with van der Waals surface area (Å²) in [5.41, 5.74) is 7.16. The Morgan fingerprint density at radius 2 is 2.36 bits per heavy atom. The van der Waals surface area contributed by atoms with Crippen molar-refractivity contribution >= 4 is 22.7 Å². The van der Waals surface area contributed by atoms with Crippen LogP contribution in [-0.2, 0) is 6.42 Å². The van der Waals surface area contributed by atoms with Gasteiger partial charge in [-0.2, -0.15) is 0 Å². The second kappa shape index (κ2) is 4.21. The largest absolute Gasteiger partial charge is 0.323 e. The van der Waals surface area contributed by atoms with E-state index in [1.165, 1.54) is 4.88 Å². The summed E-state index contributed by atoms with van der Waals surface area (Å²) in [5.74, 6) is 0. The monoisotopic (exact) mass is 224 g/mol. The first-order valence-corrected chi connectivity index (χ1v) is 6.21. The zero-order valence-electron chi connectivity index (χ0n) is 7.93. The van der Waals surface area contributed by atoms with Crippen LogP contribution in [0.5, 0.6) is 0 Å². The number of nitrogens with zero attached hydrogens (tertiary/aromatic N) is 1. The van der Waals surface area contributed by atoms with Crippen molar-refractivity contribution in [2.45, 2.75) is 19.4 Å². The third-order valence-corrected chi connectivity index (χ3v) is 3.83. The second-order valence-electron chi connectivity index (χ2n) is 3.18. The highest BCUT2D eigenvalue weighted by Crippen LogP contribution is 2.21.